The van der Waals surface area contributed by atoms with E-state index in [2.05, 4.69) is 12.2 Å². The van der Waals surface area contributed by atoms with E-state index in [4.69, 9.17) is 5.11 Å². The molecule has 2 N–H and O–H groups in total. The molecule has 0 aromatic carbocycles. The van der Waals surface area contributed by atoms with Crippen molar-refractivity contribution in [1.29, 1.82) is 0 Å². The molecule has 0 aromatic heterocycles. The second-order valence-corrected chi connectivity index (χ2v) is 4.75. The van der Waals surface area contributed by atoms with Gasteiger partial charge in [-0.25, -0.2) is 0 Å². The first-order valence-corrected chi connectivity index (χ1v) is 5.68. The molecule has 2 rings (SSSR count). The molecular weight excluding hydrogens is 162 g/mol. The minimum absolute atomic E-state index is 0.339. The lowest BCUT2D eigenvalue weighted by Crippen LogP contribution is -2.39. The van der Waals surface area contributed by atoms with Crippen molar-refractivity contribution >= 4 is 0 Å². The van der Waals surface area contributed by atoms with E-state index in [1.54, 1.807) is 0 Å². The van der Waals surface area contributed by atoms with E-state index in [1.165, 1.54) is 25.7 Å². The first-order valence-electron chi connectivity index (χ1n) is 5.68. The number of nitrogens with one attached hydrogen (secondary N) is 1. The van der Waals surface area contributed by atoms with Gasteiger partial charge in [0.05, 0.1) is 0 Å². The van der Waals surface area contributed by atoms with Gasteiger partial charge in [0, 0.05) is 18.7 Å². The van der Waals surface area contributed by atoms with Crippen LogP contribution in [-0.4, -0.2) is 23.8 Å². The van der Waals surface area contributed by atoms with Gasteiger partial charge in [0.2, 0.25) is 0 Å². The fourth-order valence-electron chi connectivity index (χ4n) is 2.16. The Morgan fingerprint density at radius 1 is 1.23 bits per heavy atom. The monoisotopic (exact) mass is 183 g/mol. The summed E-state index contributed by atoms with van der Waals surface area (Å²) in [5.74, 6) is 1.80. The number of aliphatic hydroxyl groups excluding tert-OH is 1. The van der Waals surface area contributed by atoms with Gasteiger partial charge < -0.3 is 10.4 Å². The average molecular weight is 183 g/mol. The van der Waals surface area contributed by atoms with E-state index in [-0.39, 0.29) is 0 Å². The smallest absolute Gasteiger partial charge is 0.0445 e. The summed E-state index contributed by atoms with van der Waals surface area (Å²) in [5.41, 5.74) is 0. The second-order valence-electron chi connectivity index (χ2n) is 4.75. The average Bonchev–Trinajstić information content (AvgIpc) is 2.96. The molecule has 2 saturated carbocycles. The maximum atomic E-state index is 8.94. The highest BCUT2D eigenvalue weighted by Gasteiger charge is 2.35. The molecule has 2 fully saturated rings. The van der Waals surface area contributed by atoms with Gasteiger partial charge in [-0.05, 0) is 50.9 Å². The van der Waals surface area contributed by atoms with Crippen LogP contribution >= 0.6 is 0 Å². The van der Waals surface area contributed by atoms with Crippen LogP contribution in [0.3, 0.4) is 0 Å². The molecule has 2 aliphatic rings. The molecule has 0 radical (unpaired) electrons. The molecule has 0 aromatic rings. The maximum Gasteiger partial charge on any atom is 0.0445 e. The Kier molecular flexibility index (Phi) is 2.89. The molecule has 0 aliphatic heterocycles. The van der Waals surface area contributed by atoms with Crippen LogP contribution in [0.15, 0.2) is 0 Å². The van der Waals surface area contributed by atoms with Gasteiger partial charge in [0.1, 0.15) is 0 Å². The number of hydrogen-bond donors (Lipinski definition) is 2. The van der Waals surface area contributed by atoms with Crippen LogP contribution < -0.4 is 5.32 Å². The fraction of sp³-hybridized carbons (Fsp3) is 1.00. The maximum absolute atomic E-state index is 8.94. The standard InChI is InChI=1S/C11H21NO/c1-8(9-2-3-9)12-11(6-7-13)10-4-5-10/h8-13H,2-7H2,1H3. The summed E-state index contributed by atoms with van der Waals surface area (Å²) in [4.78, 5) is 0. The molecule has 2 unspecified atom stereocenters. The third-order valence-corrected chi connectivity index (χ3v) is 3.44. The Balaban J connectivity index is 1.73. The van der Waals surface area contributed by atoms with Gasteiger partial charge in [-0.15, -0.1) is 0 Å². The lowest BCUT2D eigenvalue weighted by molar-refractivity contribution is 0.246. The van der Waals surface area contributed by atoms with E-state index in [0.29, 0.717) is 18.7 Å². The van der Waals surface area contributed by atoms with Crippen molar-refractivity contribution < 1.29 is 5.11 Å². The van der Waals surface area contributed by atoms with Gasteiger partial charge in [-0.3, -0.25) is 0 Å². The Labute approximate surface area is 80.7 Å². The molecule has 2 atom stereocenters. The highest BCUT2D eigenvalue weighted by molar-refractivity contribution is 4.91. The minimum atomic E-state index is 0.339. The second kappa shape index (κ2) is 3.97. The predicted molar refractivity (Wildman–Crippen MR) is 53.5 cm³/mol. The number of hydrogen-bond acceptors (Lipinski definition) is 2. The first kappa shape index (κ1) is 9.47. The molecular formula is C11H21NO. The zero-order valence-electron chi connectivity index (χ0n) is 8.50. The fourth-order valence-corrected chi connectivity index (χ4v) is 2.16. The molecule has 76 valence electrons. The summed E-state index contributed by atoms with van der Waals surface area (Å²) in [5, 5.41) is 12.6. The van der Waals surface area contributed by atoms with Crippen LogP contribution in [0.4, 0.5) is 0 Å². The summed E-state index contributed by atoms with van der Waals surface area (Å²) in [7, 11) is 0. The zero-order valence-corrected chi connectivity index (χ0v) is 8.50. The summed E-state index contributed by atoms with van der Waals surface area (Å²) in [6.07, 6.45) is 6.50. The molecule has 13 heavy (non-hydrogen) atoms. The number of aliphatic hydroxyl groups is 1. The highest BCUT2D eigenvalue weighted by Crippen LogP contribution is 2.37. The van der Waals surface area contributed by atoms with Crippen molar-refractivity contribution in [2.24, 2.45) is 11.8 Å². The van der Waals surface area contributed by atoms with Crippen molar-refractivity contribution in [1.82, 2.24) is 5.32 Å². The third kappa shape index (κ3) is 2.68. The Hall–Kier alpha value is -0.0800. The van der Waals surface area contributed by atoms with Crippen molar-refractivity contribution in [3.8, 4) is 0 Å². The summed E-state index contributed by atoms with van der Waals surface area (Å²) in [6, 6.07) is 1.28. The van der Waals surface area contributed by atoms with Gasteiger partial charge >= 0.3 is 0 Å². The van der Waals surface area contributed by atoms with E-state index in [1.807, 2.05) is 0 Å². The molecule has 2 heteroatoms. The molecule has 2 aliphatic carbocycles. The molecule has 0 heterocycles. The van der Waals surface area contributed by atoms with Gasteiger partial charge in [-0.1, -0.05) is 0 Å². The van der Waals surface area contributed by atoms with Crippen LogP contribution in [-0.2, 0) is 0 Å². The van der Waals surface area contributed by atoms with Crippen LogP contribution in [0.1, 0.15) is 39.0 Å². The molecule has 0 bridgehead atoms. The summed E-state index contributed by atoms with van der Waals surface area (Å²) in [6.45, 7) is 2.63. The zero-order chi connectivity index (χ0) is 9.26. The van der Waals surface area contributed by atoms with Gasteiger partial charge in [0.15, 0.2) is 0 Å². The molecule has 2 nitrogen and oxygen atoms in total. The van der Waals surface area contributed by atoms with Crippen LogP contribution in [0, 0.1) is 11.8 Å². The van der Waals surface area contributed by atoms with Crippen molar-refractivity contribution in [3.63, 3.8) is 0 Å². The lowest BCUT2D eigenvalue weighted by atomic mass is 10.1. The SMILES string of the molecule is CC(NC(CCO)C1CC1)C1CC1. The normalized spacial score (nSPS) is 27.2. The minimum Gasteiger partial charge on any atom is -0.396 e. The molecule has 0 spiro atoms. The first-order chi connectivity index (χ1) is 6.31. The van der Waals surface area contributed by atoms with Crippen molar-refractivity contribution in [2.75, 3.05) is 6.61 Å². The quantitative estimate of drug-likeness (QED) is 0.654. The Morgan fingerprint density at radius 3 is 2.31 bits per heavy atom. The van der Waals surface area contributed by atoms with Crippen LogP contribution in [0.2, 0.25) is 0 Å². The third-order valence-electron chi connectivity index (χ3n) is 3.44. The number of rotatable bonds is 6. The van der Waals surface area contributed by atoms with E-state index in [9.17, 15) is 0 Å². The lowest BCUT2D eigenvalue weighted by Gasteiger charge is -2.22. The van der Waals surface area contributed by atoms with E-state index >= 15 is 0 Å². The summed E-state index contributed by atoms with van der Waals surface area (Å²) >= 11 is 0. The summed E-state index contributed by atoms with van der Waals surface area (Å²) < 4.78 is 0. The van der Waals surface area contributed by atoms with Crippen LogP contribution in [0.5, 0.6) is 0 Å². The topological polar surface area (TPSA) is 32.3 Å². The van der Waals surface area contributed by atoms with Crippen LogP contribution in [0.25, 0.3) is 0 Å². The Morgan fingerprint density at radius 2 is 1.85 bits per heavy atom. The molecule has 0 saturated heterocycles. The Bertz CT molecular complexity index is 163. The highest BCUT2D eigenvalue weighted by atomic mass is 16.3. The van der Waals surface area contributed by atoms with Gasteiger partial charge in [0.25, 0.3) is 0 Å². The van der Waals surface area contributed by atoms with Crippen molar-refractivity contribution in [2.45, 2.75) is 51.1 Å². The molecule has 0 amide bonds. The largest absolute Gasteiger partial charge is 0.396 e. The van der Waals surface area contributed by atoms with Gasteiger partial charge in [-0.2, -0.15) is 0 Å². The van der Waals surface area contributed by atoms with E-state index < -0.39 is 0 Å². The van der Waals surface area contributed by atoms with E-state index in [0.717, 1.165) is 18.3 Å². The predicted octanol–water partition coefficient (Wildman–Crippen LogP) is 1.54. The van der Waals surface area contributed by atoms with Crippen molar-refractivity contribution in [3.05, 3.63) is 0 Å².